The van der Waals surface area contributed by atoms with Crippen LogP contribution in [0.3, 0.4) is 0 Å². The molecule has 24 heavy (non-hydrogen) atoms. The van der Waals surface area contributed by atoms with Gasteiger partial charge in [0.05, 0.1) is 0 Å². The van der Waals surface area contributed by atoms with E-state index in [9.17, 15) is 9.59 Å². The molecule has 124 valence electrons. The summed E-state index contributed by atoms with van der Waals surface area (Å²) in [6.07, 6.45) is 1.71. The molecule has 0 unspecified atom stereocenters. The Morgan fingerprint density at radius 1 is 0.875 bits per heavy atom. The van der Waals surface area contributed by atoms with Crippen LogP contribution in [-0.2, 0) is 15.0 Å². The molecular weight excluding hydrogens is 322 g/mol. The maximum Gasteiger partial charge on any atom is 0.244 e. The van der Waals surface area contributed by atoms with Crippen molar-refractivity contribution in [3.05, 3.63) is 71.8 Å². The number of likely N-dealkylation sites (tertiary alicyclic amines) is 1. The fourth-order valence-electron chi connectivity index (χ4n) is 3.40. The van der Waals surface area contributed by atoms with Gasteiger partial charge in [-0.15, -0.1) is 11.6 Å². The van der Waals surface area contributed by atoms with Crippen LogP contribution in [0.5, 0.6) is 0 Å². The summed E-state index contributed by atoms with van der Waals surface area (Å²) in [5.74, 6) is 0.306. The Bertz CT molecular complexity index is 675. The molecular formula is C20H20ClNO2. The Morgan fingerprint density at radius 3 is 1.92 bits per heavy atom. The first-order valence-corrected chi connectivity index (χ1v) is 8.75. The summed E-state index contributed by atoms with van der Waals surface area (Å²) in [5, 5.41) is 0. The van der Waals surface area contributed by atoms with Crippen LogP contribution in [-0.4, -0.2) is 29.1 Å². The van der Waals surface area contributed by atoms with E-state index >= 15 is 0 Å². The molecule has 1 fully saturated rings. The van der Waals surface area contributed by atoms with Gasteiger partial charge < -0.3 is 0 Å². The van der Waals surface area contributed by atoms with E-state index in [2.05, 4.69) is 0 Å². The largest absolute Gasteiger partial charge is 0.282 e. The quantitative estimate of drug-likeness (QED) is 0.456. The molecule has 0 aromatic heterocycles. The van der Waals surface area contributed by atoms with Gasteiger partial charge in [-0.05, 0) is 24.0 Å². The Hall–Kier alpha value is -2.13. The maximum absolute atomic E-state index is 13.3. The van der Waals surface area contributed by atoms with Gasteiger partial charge in [0.25, 0.3) is 0 Å². The molecule has 2 aromatic carbocycles. The smallest absolute Gasteiger partial charge is 0.244 e. The standard InChI is InChI=1S/C20H20ClNO2/c21-13-7-8-14-22-18(23)15-20(19(22)24,16-9-3-1-4-10-16)17-11-5-2-6-12-17/h1-6,9-12H,7-8,13-15H2. The van der Waals surface area contributed by atoms with Crippen LogP contribution in [0.4, 0.5) is 0 Å². The van der Waals surface area contributed by atoms with Gasteiger partial charge in [0.15, 0.2) is 0 Å². The normalized spacial score (nSPS) is 16.6. The molecule has 2 amide bonds. The van der Waals surface area contributed by atoms with Crippen LogP contribution < -0.4 is 0 Å². The Kier molecular flexibility index (Phi) is 5.00. The second-order valence-corrected chi connectivity index (χ2v) is 6.44. The Balaban J connectivity index is 2.04. The molecule has 4 heteroatoms. The third kappa shape index (κ3) is 2.84. The summed E-state index contributed by atoms with van der Waals surface area (Å²) < 4.78 is 0. The molecule has 1 aliphatic rings. The lowest BCUT2D eigenvalue weighted by atomic mass is 9.73. The number of benzene rings is 2. The minimum absolute atomic E-state index is 0.109. The molecule has 1 heterocycles. The minimum atomic E-state index is -0.916. The lowest BCUT2D eigenvalue weighted by Gasteiger charge is -2.28. The second kappa shape index (κ2) is 7.18. The summed E-state index contributed by atoms with van der Waals surface area (Å²) in [7, 11) is 0. The summed E-state index contributed by atoms with van der Waals surface area (Å²) in [6.45, 7) is 0.436. The van der Waals surface area contributed by atoms with E-state index in [4.69, 9.17) is 11.6 Å². The van der Waals surface area contributed by atoms with E-state index < -0.39 is 5.41 Å². The van der Waals surface area contributed by atoms with Gasteiger partial charge in [-0.2, -0.15) is 0 Å². The molecule has 0 atom stereocenters. The van der Waals surface area contributed by atoms with Crippen LogP contribution >= 0.6 is 11.6 Å². The second-order valence-electron chi connectivity index (χ2n) is 6.06. The number of amides is 2. The van der Waals surface area contributed by atoms with E-state index in [1.54, 1.807) is 0 Å². The SMILES string of the molecule is O=C1CC(c2ccccc2)(c2ccccc2)C(=O)N1CCCCCl. The van der Waals surface area contributed by atoms with Crippen molar-refractivity contribution in [2.24, 2.45) is 0 Å². The average Bonchev–Trinajstić information content (AvgIpc) is 2.89. The third-order valence-corrected chi connectivity index (χ3v) is 4.89. The van der Waals surface area contributed by atoms with Crippen LogP contribution in [0.1, 0.15) is 30.4 Å². The number of alkyl halides is 1. The van der Waals surface area contributed by atoms with Crippen LogP contribution in [0.25, 0.3) is 0 Å². The van der Waals surface area contributed by atoms with Gasteiger partial charge >= 0.3 is 0 Å². The molecule has 0 saturated carbocycles. The van der Waals surface area contributed by atoms with Gasteiger partial charge in [-0.25, -0.2) is 0 Å². The maximum atomic E-state index is 13.3. The molecule has 1 saturated heterocycles. The number of hydrogen-bond acceptors (Lipinski definition) is 2. The summed E-state index contributed by atoms with van der Waals surface area (Å²) in [5.41, 5.74) is 0.824. The Labute approximate surface area is 147 Å². The highest BCUT2D eigenvalue weighted by Crippen LogP contribution is 2.42. The van der Waals surface area contributed by atoms with Gasteiger partial charge in [-0.1, -0.05) is 60.7 Å². The van der Waals surface area contributed by atoms with Crippen molar-refractivity contribution in [1.29, 1.82) is 0 Å². The highest BCUT2D eigenvalue weighted by Gasteiger charge is 2.53. The van der Waals surface area contributed by atoms with Crippen LogP contribution in [0.2, 0.25) is 0 Å². The number of carbonyl (C=O) groups excluding carboxylic acids is 2. The van der Waals surface area contributed by atoms with Crippen LogP contribution in [0, 0.1) is 0 Å². The third-order valence-electron chi connectivity index (χ3n) is 4.63. The first kappa shape index (κ1) is 16.7. The predicted octanol–water partition coefficient (Wildman–Crippen LogP) is 3.75. The highest BCUT2D eigenvalue weighted by atomic mass is 35.5. The van der Waals surface area contributed by atoms with E-state index in [1.165, 1.54) is 4.90 Å². The number of imide groups is 1. The van der Waals surface area contributed by atoms with Crippen molar-refractivity contribution in [2.75, 3.05) is 12.4 Å². The molecule has 0 spiro atoms. The van der Waals surface area contributed by atoms with Gasteiger partial charge in [0.2, 0.25) is 11.8 Å². The fraction of sp³-hybridized carbons (Fsp3) is 0.300. The van der Waals surface area contributed by atoms with Gasteiger partial charge in [-0.3, -0.25) is 14.5 Å². The van der Waals surface area contributed by atoms with E-state index in [1.807, 2.05) is 60.7 Å². The fourth-order valence-corrected chi connectivity index (χ4v) is 3.58. The van der Waals surface area contributed by atoms with Crippen LogP contribution in [0.15, 0.2) is 60.7 Å². The number of carbonyl (C=O) groups is 2. The van der Waals surface area contributed by atoms with E-state index in [0.29, 0.717) is 12.4 Å². The molecule has 2 aromatic rings. The topological polar surface area (TPSA) is 37.4 Å². The van der Waals surface area contributed by atoms with Crippen molar-refractivity contribution < 1.29 is 9.59 Å². The van der Waals surface area contributed by atoms with Crippen molar-refractivity contribution in [2.45, 2.75) is 24.7 Å². The predicted molar refractivity (Wildman–Crippen MR) is 95.0 cm³/mol. The number of unbranched alkanes of at least 4 members (excludes halogenated alkanes) is 1. The van der Waals surface area contributed by atoms with Crippen molar-refractivity contribution in [3.63, 3.8) is 0 Å². The molecule has 3 rings (SSSR count). The zero-order valence-electron chi connectivity index (χ0n) is 13.5. The highest BCUT2D eigenvalue weighted by molar-refractivity contribution is 6.17. The first-order valence-electron chi connectivity index (χ1n) is 8.22. The first-order chi connectivity index (χ1) is 11.7. The van der Waals surface area contributed by atoms with Crippen molar-refractivity contribution in [3.8, 4) is 0 Å². The van der Waals surface area contributed by atoms with Gasteiger partial charge in [0, 0.05) is 18.8 Å². The average molecular weight is 342 g/mol. The lowest BCUT2D eigenvalue weighted by Crippen LogP contribution is -2.39. The number of rotatable bonds is 6. The van der Waals surface area contributed by atoms with Crippen molar-refractivity contribution in [1.82, 2.24) is 4.90 Å². The lowest BCUT2D eigenvalue weighted by molar-refractivity contribution is -0.139. The molecule has 0 N–H and O–H groups in total. The monoisotopic (exact) mass is 341 g/mol. The number of halogens is 1. The molecule has 0 aliphatic carbocycles. The summed E-state index contributed by atoms with van der Waals surface area (Å²) in [4.78, 5) is 27.3. The summed E-state index contributed by atoms with van der Waals surface area (Å²) >= 11 is 5.72. The number of hydrogen-bond donors (Lipinski definition) is 0. The molecule has 3 nitrogen and oxygen atoms in total. The Morgan fingerprint density at radius 2 is 1.42 bits per heavy atom. The molecule has 1 aliphatic heterocycles. The van der Waals surface area contributed by atoms with Crippen molar-refractivity contribution >= 4 is 23.4 Å². The minimum Gasteiger partial charge on any atom is -0.282 e. The van der Waals surface area contributed by atoms with E-state index in [0.717, 1.165) is 24.0 Å². The summed E-state index contributed by atoms with van der Waals surface area (Å²) in [6, 6.07) is 19.2. The number of nitrogens with zero attached hydrogens (tertiary/aromatic N) is 1. The zero-order valence-corrected chi connectivity index (χ0v) is 14.2. The van der Waals surface area contributed by atoms with E-state index in [-0.39, 0.29) is 18.2 Å². The molecule has 0 radical (unpaired) electrons. The molecule has 0 bridgehead atoms. The zero-order chi connectivity index (χ0) is 17.0. The van der Waals surface area contributed by atoms with Gasteiger partial charge in [0.1, 0.15) is 5.41 Å².